The predicted molar refractivity (Wildman–Crippen MR) is 242 cm³/mol. The van der Waals surface area contributed by atoms with E-state index in [9.17, 15) is 19.4 Å². The van der Waals surface area contributed by atoms with E-state index in [1.807, 2.05) is 0 Å². The van der Waals surface area contributed by atoms with Crippen molar-refractivity contribution < 1.29 is 43.0 Å². The van der Waals surface area contributed by atoms with Crippen LogP contribution in [0.2, 0.25) is 0 Å². The zero-order valence-corrected chi connectivity index (χ0v) is 38.7. The van der Waals surface area contributed by atoms with E-state index < -0.39 is 33.2 Å². The van der Waals surface area contributed by atoms with Gasteiger partial charge in [0, 0.05) is 13.0 Å². The van der Waals surface area contributed by atoms with Gasteiger partial charge in [-0.05, 0) is 64.2 Å². The Balaban J connectivity index is 4.10. The van der Waals surface area contributed by atoms with Crippen molar-refractivity contribution in [1.82, 2.24) is 0 Å². The van der Waals surface area contributed by atoms with Crippen LogP contribution in [0.1, 0.15) is 232 Å². The summed E-state index contributed by atoms with van der Waals surface area (Å²) in [6.07, 6.45) is 48.5. The van der Waals surface area contributed by atoms with Crippen LogP contribution in [0.25, 0.3) is 0 Å². The third-order valence-corrected chi connectivity index (χ3v) is 11.6. The molecule has 0 radical (unpaired) electrons. The lowest BCUT2D eigenvalue weighted by molar-refractivity contribution is -0.154. The molecule has 3 atom stereocenters. The van der Waals surface area contributed by atoms with Gasteiger partial charge in [0.15, 0.2) is 0 Å². The smallest absolute Gasteiger partial charge is 0.457 e. The summed E-state index contributed by atoms with van der Waals surface area (Å²) in [7, 11) is -4.52. The summed E-state index contributed by atoms with van der Waals surface area (Å²) in [4.78, 5) is 22.7. The molecule has 0 aliphatic rings. The molecule has 0 bridgehead atoms. The van der Waals surface area contributed by atoms with Gasteiger partial charge in [0.1, 0.15) is 12.2 Å². The molecule has 9 nitrogen and oxygen atoms in total. The molecule has 58 heavy (non-hydrogen) atoms. The summed E-state index contributed by atoms with van der Waals surface area (Å²) in [6.45, 7) is 3.54. The predicted octanol–water partition coefficient (Wildman–Crippen LogP) is 13.8. The average molecular weight is 845 g/mol. The van der Waals surface area contributed by atoms with Gasteiger partial charge in [0.2, 0.25) is 0 Å². The fourth-order valence-electron chi connectivity index (χ4n) is 6.88. The van der Waals surface area contributed by atoms with Crippen LogP contribution >= 0.6 is 7.82 Å². The van der Waals surface area contributed by atoms with Crippen LogP contribution in [0.4, 0.5) is 0 Å². The van der Waals surface area contributed by atoms with Gasteiger partial charge in [0.05, 0.1) is 26.4 Å². The van der Waals surface area contributed by atoms with Crippen molar-refractivity contribution in [2.75, 3.05) is 33.0 Å². The van der Waals surface area contributed by atoms with Gasteiger partial charge in [-0.2, -0.15) is 0 Å². The van der Waals surface area contributed by atoms with E-state index >= 15 is 0 Å². The molecule has 0 saturated heterocycles. The first-order valence-electron chi connectivity index (χ1n) is 24.3. The van der Waals surface area contributed by atoms with Crippen LogP contribution < -0.4 is 0 Å². The molecular weight excluding hydrogens is 751 g/mol. The molecule has 0 heterocycles. The highest BCUT2D eigenvalue weighted by molar-refractivity contribution is 7.47. The fourth-order valence-corrected chi connectivity index (χ4v) is 7.67. The van der Waals surface area contributed by atoms with Crippen molar-refractivity contribution >= 4 is 13.8 Å². The van der Waals surface area contributed by atoms with E-state index in [4.69, 9.17) is 23.6 Å². The van der Waals surface area contributed by atoms with E-state index in [0.29, 0.717) is 6.61 Å². The first kappa shape index (κ1) is 56.9. The van der Waals surface area contributed by atoms with Gasteiger partial charge in [-0.15, -0.1) is 0 Å². The molecule has 0 aliphatic heterocycles. The van der Waals surface area contributed by atoms with Gasteiger partial charge in [0.25, 0.3) is 0 Å². The summed E-state index contributed by atoms with van der Waals surface area (Å²) >= 11 is 0. The number of aliphatic hydroxyl groups is 2. The topological polar surface area (TPSA) is 132 Å². The van der Waals surface area contributed by atoms with Crippen LogP contribution in [0.15, 0.2) is 24.3 Å². The van der Waals surface area contributed by atoms with E-state index in [2.05, 4.69) is 38.2 Å². The molecule has 344 valence electrons. The second-order valence-electron chi connectivity index (χ2n) is 16.5. The zero-order valence-electron chi connectivity index (χ0n) is 37.8. The van der Waals surface area contributed by atoms with Crippen LogP contribution in [0.3, 0.4) is 0 Å². The highest BCUT2D eigenvalue weighted by atomic mass is 31.2. The zero-order chi connectivity index (χ0) is 42.5. The number of unbranched alkanes of at least 4 members (excludes halogenated alkanes) is 29. The Morgan fingerprint density at radius 1 is 0.517 bits per heavy atom. The number of hydrogen-bond acceptors (Lipinski definition) is 8. The van der Waals surface area contributed by atoms with Crippen LogP contribution in [0, 0.1) is 0 Å². The second-order valence-corrected chi connectivity index (χ2v) is 17.9. The Hall–Kier alpha value is -1.06. The number of phosphoric ester groups is 1. The number of rotatable bonds is 47. The van der Waals surface area contributed by atoms with Crippen LogP contribution in [-0.2, 0) is 27.9 Å². The van der Waals surface area contributed by atoms with Gasteiger partial charge in [-0.3, -0.25) is 13.8 Å². The van der Waals surface area contributed by atoms with E-state index in [1.165, 1.54) is 173 Å². The number of allylic oxidation sites excluding steroid dienone is 4. The Bertz CT molecular complexity index is 959. The number of carbonyl (C=O) groups is 1. The summed E-state index contributed by atoms with van der Waals surface area (Å²) in [5.74, 6) is -0.383. The maximum Gasteiger partial charge on any atom is 0.472 e. The van der Waals surface area contributed by atoms with Gasteiger partial charge < -0.3 is 24.6 Å². The third kappa shape index (κ3) is 44.5. The lowest BCUT2D eigenvalue weighted by atomic mass is 10.1. The average Bonchev–Trinajstić information content (AvgIpc) is 3.21. The number of ether oxygens (including phenoxy) is 2. The highest BCUT2D eigenvalue weighted by Crippen LogP contribution is 2.43. The molecule has 0 saturated carbocycles. The van der Waals surface area contributed by atoms with Crippen molar-refractivity contribution in [3.8, 4) is 0 Å². The van der Waals surface area contributed by atoms with Crippen molar-refractivity contribution in [2.45, 2.75) is 244 Å². The normalized spacial score (nSPS) is 14.1. The lowest BCUT2D eigenvalue weighted by Crippen LogP contribution is -2.29. The molecule has 0 amide bonds. The van der Waals surface area contributed by atoms with Crippen molar-refractivity contribution in [3.05, 3.63) is 24.3 Å². The minimum atomic E-state index is -4.52. The summed E-state index contributed by atoms with van der Waals surface area (Å²) in [5, 5.41) is 18.4. The third-order valence-electron chi connectivity index (χ3n) is 10.6. The highest BCUT2D eigenvalue weighted by Gasteiger charge is 2.26. The summed E-state index contributed by atoms with van der Waals surface area (Å²) < 4.78 is 33.5. The van der Waals surface area contributed by atoms with E-state index in [1.54, 1.807) is 0 Å². The molecule has 0 spiro atoms. The largest absolute Gasteiger partial charge is 0.472 e. The number of hydrogen-bond donors (Lipinski definition) is 3. The first-order chi connectivity index (χ1) is 28.3. The minimum Gasteiger partial charge on any atom is -0.457 e. The van der Waals surface area contributed by atoms with Crippen molar-refractivity contribution in [3.63, 3.8) is 0 Å². The van der Waals surface area contributed by atoms with Gasteiger partial charge >= 0.3 is 13.8 Å². The number of phosphoric acid groups is 1. The second kappa shape index (κ2) is 45.5. The van der Waals surface area contributed by atoms with Crippen LogP contribution in [-0.4, -0.2) is 66.3 Å². The lowest BCUT2D eigenvalue weighted by Gasteiger charge is -2.20. The van der Waals surface area contributed by atoms with Crippen molar-refractivity contribution in [2.24, 2.45) is 0 Å². The Morgan fingerprint density at radius 2 is 0.879 bits per heavy atom. The first-order valence-corrected chi connectivity index (χ1v) is 25.8. The Kier molecular flexibility index (Phi) is 44.6. The molecule has 3 N–H and O–H groups in total. The molecule has 0 aromatic rings. The number of esters is 1. The van der Waals surface area contributed by atoms with E-state index in [-0.39, 0.29) is 25.6 Å². The number of aliphatic hydroxyl groups excluding tert-OH is 2. The van der Waals surface area contributed by atoms with E-state index in [0.717, 1.165) is 38.5 Å². The molecule has 0 fully saturated rings. The van der Waals surface area contributed by atoms with Crippen LogP contribution in [0.5, 0.6) is 0 Å². The SMILES string of the molecule is CCCCCCCC/C=C\CCCCCCCCCCCC(=O)OC(COCCCCCCCCCC/C=C\CCCCCCCC)COP(=O)(O)OCC(O)CO. The molecule has 0 rings (SSSR count). The van der Waals surface area contributed by atoms with Crippen molar-refractivity contribution in [1.29, 1.82) is 0 Å². The number of carbonyl (C=O) groups excluding carboxylic acids is 1. The molecular formula is C48H93O9P. The monoisotopic (exact) mass is 845 g/mol. The molecule has 3 unspecified atom stereocenters. The quantitative estimate of drug-likeness (QED) is 0.0237. The standard InChI is InChI=1S/C48H93O9P/c1-3-5-7-9-11-13-15-17-19-21-23-24-26-28-30-32-34-36-38-40-48(51)57-47(45-56-58(52,53)55-43-46(50)42-49)44-54-41-39-37-35-33-31-29-27-25-22-20-18-16-14-12-10-8-6-4-2/h17-20,46-47,49-50H,3-16,21-45H2,1-2H3,(H,52,53)/b19-17-,20-18-. The Labute approximate surface area is 357 Å². The maximum atomic E-state index is 12.7. The fraction of sp³-hybridized carbons (Fsp3) is 0.896. The minimum absolute atomic E-state index is 0.0495. The summed E-state index contributed by atoms with van der Waals surface area (Å²) in [6, 6.07) is 0. The molecule has 0 aliphatic carbocycles. The Morgan fingerprint density at radius 3 is 1.29 bits per heavy atom. The summed E-state index contributed by atoms with van der Waals surface area (Å²) in [5.41, 5.74) is 0. The van der Waals surface area contributed by atoms with Gasteiger partial charge in [-0.25, -0.2) is 4.57 Å². The molecule has 0 aromatic carbocycles. The molecule has 0 aromatic heterocycles. The maximum absolute atomic E-state index is 12.7. The molecule has 10 heteroatoms. The van der Waals surface area contributed by atoms with Gasteiger partial charge in [-0.1, -0.05) is 186 Å².